The van der Waals surface area contributed by atoms with Gasteiger partial charge in [-0.05, 0) is 36.2 Å². The molecule has 38 heavy (non-hydrogen) atoms. The molecule has 3 N–H and O–H groups in total. The van der Waals surface area contributed by atoms with E-state index in [9.17, 15) is 19.8 Å². The van der Waals surface area contributed by atoms with Crippen LogP contribution < -0.4 is 5.32 Å². The number of rotatable bonds is 6. The van der Waals surface area contributed by atoms with Crippen LogP contribution in [0, 0.1) is 16.7 Å². The van der Waals surface area contributed by atoms with Crippen LogP contribution in [-0.4, -0.2) is 75.7 Å². The van der Waals surface area contributed by atoms with Crippen LogP contribution in [0.1, 0.15) is 62.1 Å². The minimum atomic E-state index is -0.638. The highest BCUT2D eigenvalue weighted by molar-refractivity contribution is 7.15. The summed E-state index contributed by atoms with van der Waals surface area (Å²) >= 11 is 1.64. The third kappa shape index (κ3) is 4.84. The van der Waals surface area contributed by atoms with Crippen molar-refractivity contribution in [3.63, 3.8) is 0 Å². The van der Waals surface area contributed by atoms with E-state index in [4.69, 9.17) is 4.98 Å². The van der Waals surface area contributed by atoms with Gasteiger partial charge in [-0.1, -0.05) is 44.2 Å². The highest BCUT2D eigenvalue weighted by Gasteiger charge is 2.59. The number of benzene rings is 1. The van der Waals surface area contributed by atoms with Crippen molar-refractivity contribution in [2.45, 2.75) is 65.0 Å². The third-order valence-electron chi connectivity index (χ3n) is 9.64. The molecular formula is C29H40N4O4S. The molecule has 2 aliphatic carbocycles. The summed E-state index contributed by atoms with van der Waals surface area (Å²) in [5.41, 5.74) is 1.26. The van der Waals surface area contributed by atoms with Crippen LogP contribution in [0.5, 0.6) is 0 Å². The van der Waals surface area contributed by atoms with Gasteiger partial charge in [0.05, 0.1) is 18.4 Å². The van der Waals surface area contributed by atoms with Crippen LogP contribution in [0.25, 0.3) is 0 Å². The van der Waals surface area contributed by atoms with E-state index in [-0.39, 0.29) is 35.7 Å². The predicted octanol–water partition coefficient (Wildman–Crippen LogP) is 3.25. The van der Waals surface area contributed by atoms with Gasteiger partial charge in [0.15, 0.2) is 5.13 Å². The SMILES string of the molecule is CC(=O)N1CCN(C(=O)CC2c3nc(NCc4ccccc4)sc3CC3C(C)(CO)C(O)CCC23C)CC1. The first-order valence-corrected chi connectivity index (χ1v) is 14.6. The van der Waals surface area contributed by atoms with E-state index in [1.165, 1.54) is 5.56 Å². The van der Waals surface area contributed by atoms with Gasteiger partial charge in [0.1, 0.15) is 0 Å². The number of hydrogen-bond acceptors (Lipinski definition) is 7. The Morgan fingerprint density at radius 3 is 2.47 bits per heavy atom. The molecule has 3 aliphatic rings. The Labute approximate surface area is 229 Å². The topological polar surface area (TPSA) is 106 Å². The molecule has 1 aromatic heterocycles. The van der Waals surface area contributed by atoms with E-state index in [2.05, 4.69) is 24.4 Å². The van der Waals surface area contributed by atoms with E-state index in [0.717, 1.165) is 28.5 Å². The monoisotopic (exact) mass is 540 g/mol. The van der Waals surface area contributed by atoms with Crippen LogP contribution in [-0.2, 0) is 22.6 Å². The van der Waals surface area contributed by atoms with Crippen molar-refractivity contribution >= 4 is 28.3 Å². The minimum Gasteiger partial charge on any atom is -0.396 e. The maximum Gasteiger partial charge on any atom is 0.223 e. The van der Waals surface area contributed by atoms with Crippen LogP contribution in [0.4, 0.5) is 5.13 Å². The molecule has 1 saturated heterocycles. The summed E-state index contributed by atoms with van der Waals surface area (Å²) in [6, 6.07) is 10.2. The van der Waals surface area contributed by atoms with E-state index in [1.807, 2.05) is 30.0 Å². The normalized spacial score (nSPS) is 30.9. The largest absolute Gasteiger partial charge is 0.396 e. The Hall–Kier alpha value is -2.49. The number of carbonyl (C=O) groups is 2. The van der Waals surface area contributed by atoms with Crippen LogP contribution >= 0.6 is 11.3 Å². The molecular weight excluding hydrogens is 500 g/mol. The number of carbonyl (C=O) groups excluding carboxylic acids is 2. The smallest absolute Gasteiger partial charge is 0.223 e. The summed E-state index contributed by atoms with van der Waals surface area (Å²) in [6.45, 7) is 8.62. The Balaban J connectivity index is 1.43. The lowest BCUT2D eigenvalue weighted by molar-refractivity contribution is -0.149. The number of fused-ring (bicyclic) bond motifs is 2. The van der Waals surface area contributed by atoms with Crippen molar-refractivity contribution in [2.75, 3.05) is 38.1 Å². The molecule has 1 aliphatic heterocycles. The summed E-state index contributed by atoms with van der Waals surface area (Å²) in [6.07, 6.45) is 1.90. The fourth-order valence-electron chi connectivity index (χ4n) is 7.07. The molecule has 8 nitrogen and oxygen atoms in total. The first kappa shape index (κ1) is 27.1. The number of aromatic nitrogens is 1. The molecule has 5 rings (SSSR count). The van der Waals surface area contributed by atoms with Crippen molar-refractivity contribution in [2.24, 2.45) is 16.7 Å². The van der Waals surface area contributed by atoms with E-state index in [1.54, 1.807) is 23.2 Å². The van der Waals surface area contributed by atoms with Crippen LogP contribution in [0.2, 0.25) is 0 Å². The average molecular weight is 541 g/mol. The number of aliphatic hydroxyl groups is 2. The van der Waals surface area contributed by atoms with E-state index >= 15 is 0 Å². The highest BCUT2D eigenvalue weighted by Crippen LogP contribution is 2.63. The van der Waals surface area contributed by atoms with Gasteiger partial charge in [0, 0.05) is 62.3 Å². The molecule has 0 spiro atoms. The summed E-state index contributed by atoms with van der Waals surface area (Å²) in [5.74, 6) is 0.0728. The molecule has 2 fully saturated rings. The number of thiazole rings is 1. The quantitative estimate of drug-likeness (QED) is 0.520. The Bertz CT molecular complexity index is 1160. The number of piperazine rings is 1. The van der Waals surface area contributed by atoms with Gasteiger partial charge in [-0.3, -0.25) is 9.59 Å². The second-order valence-electron chi connectivity index (χ2n) is 11.8. The van der Waals surface area contributed by atoms with Crippen molar-refractivity contribution in [3.8, 4) is 0 Å². The molecule has 1 saturated carbocycles. The molecule has 0 bridgehead atoms. The molecule has 2 heterocycles. The fourth-order valence-corrected chi connectivity index (χ4v) is 8.13. The molecule has 0 radical (unpaired) electrons. The van der Waals surface area contributed by atoms with Gasteiger partial charge >= 0.3 is 0 Å². The van der Waals surface area contributed by atoms with Crippen molar-refractivity contribution in [1.29, 1.82) is 0 Å². The molecule has 5 atom stereocenters. The molecule has 2 amide bonds. The number of aliphatic hydroxyl groups excluding tert-OH is 2. The number of nitrogens with zero attached hydrogens (tertiary/aromatic N) is 3. The van der Waals surface area contributed by atoms with E-state index < -0.39 is 11.5 Å². The van der Waals surface area contributed by atoms with Crippen molar-refractivity contribution < 1.29 is 19.8 Å². The Morgan fingerprint density at radius 1 is 1.13 bits per heavy atom. The number of amides is 2. The number of hydrogen-bond donors (Lipinski definition) is 3. The zero-order valence-electron chi connectivity index (χ0n) is 22.7. The zero-order valence-corrected chi connectivity index (χ0v) is 23.5. The molecule has 1 aromatic carbocycles. The third-order valence-corrected chi connectivity index (χ3v) is 10.7. The second kappa shape index (κ2) is 10.6. The molecule has 5 unspecified atom stereocenters. The summed E-state index contributed by atoms with van der Waals surface area (Å²) in [5, 5.41) is 25.8. The number of nitrogens with one attached hydrogen (secondary N) is 1. The molecule has 2 aromatic rings. The minimum absolute atomic E-state index is 0.0334. The highest BCUT2D eigenvalue weighted by atomic mass is 32.1. The molecule has 9 heteroatoms. The lowest BCUT2D eigenvalue weighted by Crippen LogP contribution is -2.58. The standard InChI is InChI=1S/C29H40N4O4S/c1-19(35)32-11-13-33(14-12-32)25(37)15-21-26-22(38-27(31-26)30-17-20-7-5-4-6-8-20)16-23-28(21,2)10-9-24(36)29(23,3)18-34/h4-8,21,23-24,34,36H,9-18H2,1-3H3,(H,30,31). The number of anilines is 1. The van der Waals surface area contributed by atoms with Gasteiger partial charge < -0.3 is 25.3 Å². The summed E-state index contributed by atoms with van der Waals surface area (Å²) < 4.78 is 0. The fraction of sp³-hybridized carbons (Fsp3) is 0.621. The van der Waals surface area contributed by atoms with Crippen molar-refractivity contribution in [1.82, 2.24) is 14.8 Å². The Kier molecular flexibility index (Phi) is 7.55. The van der Waals surface area contributed by atoms with Crippen molar-refractivity contribution in [3.05, 3.63) is 46.5 Å². The van der Waals surface area contributed by atoms with Gasteiger partial charge in [-0.25, -0.2) is 4.98 Å². The van der Waals surface area contributed by atoms with Gasteiger partial charge in [0.25, 0.3) is 0 Å². The second-order valence-corrected chi connectivity index (χ2v) is 12.9. The zero-order chi connectivity index (χ0) is 27.1. The average Bonchev–Trinajstić information content (AvgIpc) is 3.34. The lowest BCUT2D eigenvalue weighted by atomic mass is 9.47. The van der Waals surface area contributed by atoms with E-state index in [0.29, 0.717) is 45.6 Å². The molecule has 206 valence electrons. The van der Waals surface area contributed by atoms with Gasteiger partial charge in [-0.15, -0.1) is 11.3 Å². The maximum atomic E-state index is 13.7. The lowest BCUT2D eigenvalue weighted by Gasteiger charge is -2.58. The first-order chi connectivity index (χ1) is 18.2. The maximum absolute atomic E-state index is 13.7. The summed E-state index contributed by atoms with van der Waals surface area (Å²) in [7, 11) is 0. The van der Waals surface area contributed by atoms with Gasteiger partial charge in [-0.2, -0.15) is 0 Å². The van der Waals surface area contributed by atoms with Crippen LogP contribution in [0.15, 0.2) is 30.3 Å². The van der Waals surface area contributed by atoms with Crippen LogP contribution in [0.3, 0.4) is 0 Å². The Morgan fingerprint density at radius 2 is 1.82 bits per heavy atom. The predicted molar refractivity (Wildman–Crippen MR) is 148 cm³/mol. The van der Waals surface area contributed by atoms with Gasteiger partial charge in [0.2, 0.25) is 11.8 Å². The first-order valence-electron chi connectivity index (χ1n) is 13.8. The summed E-state index contributed by atoms with van der Waals surface area (Å²) in [4.78, 5) is 35.3.